The standard InChI is InChI=1S/C15H28IN2/c1-7-8-12(2)9-14(4,5)10-15(6)11-17-18-13(3)16-15/h1,12-13,17-18H,8-11H2,2-6H3/q-1/t12?,13-,15?/m0/s1. The van der Waals surface area contributed by atoms with Crippen molar-refractivity contribution in [2.24, 2.45) is 11.3 Å². The quantitative estimate of drug-likeness (QED) is 0.305. The summed E-state index contributed by atoms with van der Waals surface area (Å²) in [5, 5.41) is 0. The van der Waals surface area contributed by atoms with E-state index in [-0.39, 0.29) is 21.2 Å². The Bertz CT molecular complexity index is 308. The van der Waals surface area contributed by atoms with E-state index in [4.69, 9.17) is 6.42 Å². The summed E-state index contributed by atoms with van der Waals surface area (Å²) in [4.78, 5) is 0. The summed E-state index contributed by atoms with van der Waals surface area (Å²) in [7, 11) is 0. The van der Waals surface area contributed by atoms with Gasteiger partial charge in [-0.1, -0.05) is 0 Å². The molecular weight excluding hydrogens is 335 g/mol. The molecule has 1 saturated heterocycles. The van der Waals surface area contributed by atoms with Crippen LogP contribution in [0.5, 0.6) is 0 Å². The summed E-state index contributed by atoms with van der Waals surface area (Å²) < 4.78 is 1.17. The summed E-state index contributed by atoms with van der Waals surface area (Å²) in [5.41, 5.74) is 7.12. The second-order valence-corrected chi connectivity index (χ2v) is 11.8. The van der Waals surface area contributed by atoms with Crippen molar-refractivity contribution < 1.29 is 21.2 Å². The molecule has 0 aromatic carbocycles. The van der Waals surface area contributed by atoms with Crippen LogP contribution in [0.25, 0.3) is 0 Å². The molecule has 1 aliphatic rings. The van der Waals surface area contributed by atoms with Crippen molar-refractivity contribution in [3.05, 3.63) is 0 Å². The van der Waals surface area contributed by atoms with Gasteiger partial charge in [0.25, 0.3) is 0 Å². The van der Waals surface area contributed by atoms with Gasteiger partial charge in [0, 0.05) is 0 Å². The Balaban J connectivity index is 2.55. The third kappa shape index (κ3) is 5.46. The predicted octanol–water partition coefficient (Wildman–Crippen LogP) is -0.246. The van der Waals surface area contributed by atoms with E-state index in [1.807, 2.05) is 0 Å². The molecule has 0 aliphatic carbocycles. The zero-order chi connectivity index (χ0) is 13.8. The Hall–Kier alpha value is 0.210. The molecule has 1 heterocycles. The van der Waals surface area contributed by atoms with Gasteiger partial charge in [-0.3, -0.25) is 0 Å². The first-order chi connectivity index (χ1) is 8.26. The zero-order valence-corrected chi connectivity index (χ0v) is 14.6. The maximum atomic E-state index is 5.41. The predicted molar refractivity (Wildman–Crippen MR) is 74.6 cm³/mol. The number of terminal acetylenes is 1. The van der Waals surface area contributed by atoms with Crippen molar-refractivity contribution in [3.8, 4) is 12.3 Å². The molecule has 2 unspecified atom stereocenters. The van der Waals surface area contributed by atoms with Gasteiger partial charge in [-0.25, -0.2) is 0 Å². The summed E-state index contributed by atoms with van der Waals surface area (Å²) in [6.07, 6.45) is 8.86. The van der Waals surface area contributed by atoms with Gasteiger partial charge < -0.3 is 0 Å². The Morgan fingerprint density at radius 1 is 1.56 bits per heavy atom. The third-order valence-electron chi connectivity index (χ3n) is 3.40. The normalized spacial score (nSPS) is 31.2. The third-order valence-corrected chi connectivity index (χ3v) is 6.91. The Kier molecular flexibility index (Phi) is 5.95. The van der Waals surface area contributed by atoms with Gasteiger partial charge >= 0.3 is 124 Å². The Morgan fingerprint density at radius 3 is 2.78 bits per heavy atom. The molecule has 3 heteroatoms. The van der Waals surface area contributed by atoms with Gasteiger partial charge in [-0.15, -0.1) is 0 Å². The van der Waals surface area contributed by atoms with E-state index >= 15 is 0 Å². The molecule has 0 aromatic heterocycles. The van der Waals surface area contributed by atoms with Gasteiger partial charge in [0.15, 0.2) is 0 Å². The van der Waals surface area contributed by atoms with Crippen molar-refractivity contribution in [2.75, 3.05) is 6.54 Å². The van der Waals surface area contributed by atoms with Gasteiger partial charge in [-0.05, 0) is 0 Å². The topological polar surface area (TPSA) is 24.1 Å². The van der Waals surface area contributed by atoms with E-state index in [2.05, 4.69) is 51.4 Å². The number of halogens is 1. The van der Waals surface area contributed by atoms with E-state index < -0.39 is 0 Å². The molecule has 0 amide bonds. The zero-order valence-electron chi connectivity index (χ0n) is 12.4. The fourth-order valence-electron chi connectivity index (χ4n) is 3.22. The molecule has 0 bridgehead atoms. The van der Waals surface area contributed by atoms with Crippen LogP contribution in [0.15, 0.2) is 0 Å². The first kappa shape index (κ1) is 16.3. The monoisotopic (exact) mass is 363 g/mol. The number of hydrogen-bond donors (Lipinski definition) is 2. The van der Waals surface area contributed by atoms with Gasteiger partial charge in [0.1, 0.15) is 0 Å². The Labute approximate surface area is 123 Å². The molecule has 1 fully saturated rings. The van der Waals surface area contributed by atoms with E-state index in [1.165, 1.54) is 12.8 Å². The van der Waals surface area contributed by atoms with Gasteiger partial charge in [0.2, 0.25) is 0 Å². The van der Waals surface area contributed by atoms with Crippen LogP contribution in [-0.2, 0) is 0 Å². The molecule has 106 valence electrons. The molecule has 2 nitrogen and oxygen atoms in total. The van der Waals surface area contributed by atoms with E-state index in [0.29, 0.717) is 18.8 Å². The first-order valence-electron chi connectivity index (χ1n) is 6.83. The van der Waals surface area contributed by atoms with E-state index in [9.17, 15) is 0 Å². The maximum absolute atomic E-state index is 5.41. The van der Waals surface area contributed by atoms with Crippen LogP contribution >= 0.6 is 0 Å². The number of rotatable bonds is 5. The summed E-state index contributed by atoms with van der Waals surface area (Å²) in [6, 6.07) is 0. The summed E-state index contributed by atoms with van der Waals surface area (Å²) >= 11 is 0.188. The first-order valence-corrected chi connectivity index (χ1v) is 9.15. The summed E-state index contributed by atoms with van der Waals surface area (Å²) in [5.74, 6) is 3.43. The SMILES string of the molecule is C#CCC(C)CC(C)(C)CC1(C)CNN[C@@H](C)[I-]1. The fourth-order valence-corrected chi connectivity index (χ4v) is 7.52. The van der Waals surface area contributed by atoms with Crippen molar-refractivity contribution in [3.63, 3.8) is 0 Å². The molecule has 0 radical (unpaired) electrons. The number of nitrogens with one attached hydrogen (secondary N) is 2. The summed E-state index contributed by atoms with van der Waals surface area (Å²) in [6.45, 7) is 13.0. The Morgan fingerprint density at radius 2 is 2.22 bits per heavy atom. The minimum absolute atomic E-state index is 0.188. The minimum atomic E-state index is 0.188. The van der Waals surface area contributed by atoms with Crippen LogP contribution < -0.4 is 32.1 Å². The van der Waals surface area contributed by atoms with Crippen LogP contribution in [0.3, 0.4) is 0 Å². The van der Waals surface area contributed by atoms with Crippen LogP contribution in [0.2, 0.25) is 0 Å². The van der Waals surface area contributed by atoms with Crippen molar-refractivity contribution in [2.45, 2.75) is 61.4 Å². The second kappa shape index (κ2) is 6.58. The molecule has 0 saturated carbocycles. The molecule has 18 heavy (non-hydrogen) atoms. The average molecular weight is 363 g/mol. The fraction of sp³-hybridized carbons (Fsp3) is 0.867. The number of hydrazine groups is 1. The van der Waals surface area contributed by atoms with Crippen LogP contribution in [0.4, 0.5) is 0 Å². The average Bonchev–Trinajstić information content (AvgIpc) is 2.13. The van der Waals surface area contributed by atoms with Crippen LogP contribution in [-0.4, -0.2) is 14.0 Å². The van der Waals surface area contributed by atoms with Crippen LogP contribution in [0.1, 0.15) is 53.9 Å². The molecule has 3 atom stereocenters. The number of alkyl halides is 2. The molecule has 0 spiro atoms. The van der Waals surface area contributed by atoms with E-state index in [0.717, 1.165) is 13.0 Å². The molecule has 2 N–H and O–H groups in total. The molecular formula is C15H28IN2-. The van der Waals surface area contributed by atoms with E-state index in [1.54, 1.807) is 0 Å². The van der Waals surface area contributed by atoms with Crippen molar-refractivity contribution in [1.82, 2.24) is 10.9 Å². The van der Waals surface area contributed by atoms with Crippen molar-refractivity contribution >= 4 is 0 Å². The second-order valence-electron chi connectivity index (χ2n) is 6.69. The number of hydrogen-bond acceptors (Lipinski definition) is 2. The molecule has 0 aromatic rings. The van der Waals surface area contributed by atoms with Crippen LogP contribution in [0, 0.1) is 23.7 Å². The van der Waals surface area contributed by atoms with Gasteiger partial charge in [0.05, 0.1) is 0 Å². The van der Waals surface area contributed by atoms with Crippen molar-refractivity contribution in [1.29, 1.82) is 0 Å². The molecule has 1 aliphatic heterocycles. The molecule has 1 rings (SSSR count). The van der Waals surface area contributed by atoms with Gasteiger partial charge in [-0.2, -0.15) is 0 Å².